The molecule has 1 amide bonds. The molecular formula is C30H30F3N3O2. The van der Waals surface area contributed by atoms with Crippen LogP contribution in [-0.2, 0) is 12.6 Å². The molecule has 38 heavy (non-hydrogen) atoms. The lowest BCUT2D eigenvalue weighted by atomic mass is 10.1. The average molecular weight is 522 g/mol. The molecule has 4 rings (SSSR count). The third-order valence-electron chi connectivity index (χ3n) is 6.71. The van der Waals surface area contributed by atoms with Crippen LogP contribution in [0.25, 0.3) is 16.6 Å². The van der Waals surface area contributed by atoms with Crippen molar-refractivity contribution < 1.29 is 18.0 Å². The van der Waals surface area contributed by atoms with E-state index < -0.39 is 23.7 Å². The van der Waals surface area contributed by atoms with Gasteiger partial charge in [0.1, 0.15) is 5.82 Å². The number of benzene rings is 3. The van der Waals surface area contributed by atoms with Gasteiger partial charge in [-0.25, -0.2) is 4.98 Å². The zero-order chi connectivity index (χ0) is 27.4. The standard InChI is InChI=1S/C30H30F3N3O2/c1-4-6-18-35(28(37)22-13-11-14-23(19-22)30(31,32)33)20(3)27-34-25-16-9-8-15-24(25)29(38)36(27)26-17-10-7-12-21(26)5-2/h7-17,19-20H,4-6,18H2,1-3H3. The van der Waals surface area contributed by atoms with Crippen LogP contribution in [0.3, 0.4) is 0 Å². The van der Waals surface area contributed by atoms with Gasteiger partial charge in [-0.3, -0.25) is 14.2 Å². The summed E-state index contributed by atoms with van der Waals surface area (Å²) in [5.74, 6) is -0.194. The second-order valence-electron chi connectivity index (χ2n) is 9.22. The lowest BCUT2D eigenvalue weighted by Gasteiger charge is -2.31. The maximum Gasteiger partial charge on any atom is 0.416 e. The predicted molar refractivity (Wildman–Crippen MR) is 143 cm³/mol. The number of amides is 1. The number of rotatable bonds is 8. The number of hydrogen-bond donors (Lipinski definition) is 0. The molecular weight excluding hydrogens is 491 g/mol. The molecule has 3 aromatic carbocycles. The number of nitrogens with zero attached hydrogens (tertiary/aromatic N) is 3. The number of carbonyl (C=O) groups is 1. The first kappa shape index (κ1) is 27.1. The minimum Gasteiger partial charge on any atom is -0.329 e. The van der Waals surface area contributed by atoms with Crippen LogP contribution in [0.5, 0.6) is 0 Å². The number of para-hydroxylation sites is 2. The van der Waals surface area contributed by atoms with Crippen molar-refractivity contribution in [2.24, 2.45) is 0 Å². The van der Waals surface area contributed by atoms with Crippen molar-refractivity contribution in [1.82, 2.24) is 14.5 Å². The first-order valence-corrected chi connectivity index (χ1v) is 12.8. The summed E-state index contributed by atoms with van der Waals surface area (Å²) in [6, 6.07) is 18.3. The zero-order valence-corrected chi connectivity index (χ0v) is 21.6. The van der Waals surface area contributed by atoms with Crippen LogP contribution < -0.4 is 5.56 Å². The lowest BCUT2D eigenvalue weighted by molar-refractivity contribution is -0.137. The number of aromatic nitrogens is 2. The highest BCUT2D eigenvalue weighted by Gasteiger charge is 2.33. The highest BCUT2D eigenvalue weighted by molar-refractivity contribution is 5.94. The number of hydrogen-bond acceptors (Lipinski definition) is 3. The Bertz CT molecular complexity index is 1510. The largest absolute Gasteiger partial charge is 0.416 e. The molecule has 1 unspecified atom stereocenters. The molecule has 1 atom stereocenters. The fraction of sp³-hybridized carbons (Fsp3) is 0.300. The van der Waals surface area contributed by atoms with Gasteiger partial charge < -0.3 is 4.90 Å². The highest BCUT2D eigenvalue weighted by atomic mass is 19.4. The van der Waals surface area contributed by atoms with Gasteiger partial charge in [-0.2, -0.15) is 13.2 Å². The molecule has 0 fully saturated rings. The predicted octanol–water partition coefficient (Wildman–Crippen LogP) is 6.97. The smallest absolute Gasteiger partial charge is 0.329 e. The van der Waals surface area contributed by atoms with Crippen LogP contribution in [0, 0.1) is 0 Å². The van der Waals surface area contributed by atoms with Crippen LogP contribution in [0.15, 0.2) is 77.6 Å². The highest BCUT2D eigenvalue weighted by Crippen LogP contribution is 2.31. The summed E-state index contributed by atoms with van der Waals surface area (Å²) in [4.78, 5) is 33.9. The summed E-state index contributed by atoms with van der Waals surface area (Å²) in [5, 5.41) is 0.443. The molecule has 0 aliphatic heterocycles. The number of carbonyl (C=O) groups excluding carboxylic acids is 1. The SMILES string of the molecule is CCCCN(C(=O)c1cccc(C(F)(F)F)c1)C(C)c1nc2ccccc2c(=O)n1-c1ccccc1CC. The molecule has 1 heterocycles. The fourth-order valence-corrected chi connectivity index (χ4v) is 4.62. The van der Waals surface area contributed by atoms with Gasteiger partial charge in [0.2, 0.25) is 0 Å². The molecule has 5 nitrogen and oxygen atoms in total. The molecule has 198 valence electrons. The van der Waals surface area contributed by atoms with E-state index in [2.05, 4.69) is 0 Å². The Morgan fingerprint density at radius 3 is 2.42 bits per heavy atom. The van der Waals surface area contributed by atoms with E-state index in [9.17, 15) is 22.8 Å². The minimum atomic E-state index is -4.57. The molecule has 8 heteroatoms. The second-order valence-corrected chi connectivity index (χ2v) is 9.22. The summed E-state index contributed by atoms with van der Waals surface area (Å²) in [5.41, 5.74) is 0.883. The van der Waals surface area contributed by atoms with Gasteiger partial charge in [0.05, 0.1) is 28.2 Å². The summed E-state index contributed by atoms with van der Waals surface area (Å²) < 4.78 is 41.7. The first-order chi connectivity index (χ1) is 18.2. The number of aryl methyl sites for hydroxylation is 1. The molecule has 0 N–H and O–H groups in total. The molecule has 0 spiro atoms. The Hall–Kier alpha value is -3.94. The van der Waals surface area contributed by atoms with Gasteiger partial charge in [-0.05, 0) is 61.7 Å². The number of fused-ring (bicyclic) bond motifs is 1. The molecule has 0 aliphatic rings. The van der Waals surface area contributed by atoms with Crippen molar-refractivity contribution in [3.63, 3.8) is 0 Å². The number of halogens is 3. The molecule has 0 aliphatic carbocycles. The molecule has 0 radical (unpaired) electrons. The number of unbranched alkanes of at least 4 members (excludes halogenated alkanes) is 1. The maximum atomic E-state index is 13.8. The second kappa shape index (κ2) is 11.2. The van der Waals surface area contributed by atoms with Gasteiger partial charge in [0, 0.05) is 12.1 Å². The Balaban J connectivity index is 1.91. The molecule has 4 aromatic rings. The monoisotopic (exact) mass is 521 g/mol. The Labute approximate surface area is 219 Å². The molecule has 1 aromatic heterocycles. The van der Waals surface area contributed by atoms with Crippen LogP contribution in [0.2, 0.25) is 0 Å². The van der Waals surface area contributed by atoms with E-state index in [-0.39, 0.29) is 11.1 Å². The number of alkyl halides is 3. The summed E-state index contributed by atoms with van der Waals surface area (Å²) in [6.45, 7) is 6.03. The van der Waals surface area contributed by atoms with Crippen LogP contribution in [0.1, 0.15) is 67.0 Å². The van der Waals surface area contributed by atoms with E-state index in [1.54, 1.807) is 35.8 Å². The van der Waals surface area contributed by atoms with Crippen molar-refractivity contribution in [2.75, 3.05) is 6.54 Å². The van der Waals surface area contributed by atoms with E-state index in [0.29, 0.717) is 41.8 Å². The third-order valence-corrected chi connectivity index (χ3v) is 6.71. The lowest BCUT2D eigenvalue weighted by Crippen LogP contribution is -2.38. The van der Waals surface area contributed by atoms with E-state index in [0.717, 1.165) is 24.1 Å². The van der Waals surface area contributed by atoms with Crippen molar-refractivity contribution in [1.29, 1.82) is 0 Å². The topological polar surface area (TPSA) is 55.2 Å². The summed E-state index contributed by atoms with van der Waals surface area (Å²) >= 11 is 0. The summed E-state index contributed by atoms with van der Waals surface area (Å²) in [7, 11) is 0. The van der Waals surface area contributed by atoms with Crippen LogP contribution >= 0.6 is 0 Å². The van der Waals surface area contributed by atoms with E-state index in [4.69, 9.17) is 4.98 Å². The fourth-order valence-electron chi connectivity index (χ4n) is 4.62. The zero-order valence-electron chi connectivity index (χ0n) is 21.6. The van der Waals surface area contributed by atoms with Crippen molar-refractivity contribution in [2.45, 2.75) is 52.3 Å². The molecule has 0 saturated heterocycles. The van der Waals surface area contributed by atoms with Gasteiger partial charge in [-0.15, -0.1) is 0 Å². The first-order valence-electron chi connectivity index (χ1n) is 12.8. The van der Waals surface area contributed by atoms with Crippen LogP contribution in [0.4, 0.5) is 13.2 Å². The molecule has 0 saturated carbocycles. The minimum absolute atomic E-state index is 0.0635. The maximum absolute atomic E-state index is 13.8. The van der Waals surface area contributed by atoms with Gasteiger partial charge in [0.15, 0.2) is 0 Å². The van der Waals surface area contributed by atoms with E-state index in [1.807, 2.05) is 38.1 Å². The van der Waals surface area contributed by atoms with Gasteiger partial charge in [0.25, 0.3) is 11.5 Å². The summed E-state index contributed by atoms with van der Waals surface area (Å²) in [6.07, 6.45) is -2.49. The van der Waals surface area contributed by atoms with Crippen molar-refractivity contribution in [3.05, 3.63) is 106 Å². The average Bonchev–Trinajstić information content (AvgIpc) is 2.92. The Kier molecular flexibility index (Phi) is 7.99. The Morgan fingerprint density at radius 1 is 1.00 bits per heavy atom. The van der Waals surface area contributed by atoms with E-state index >= 15 is 0 Å². The van der Waals surface area contributed by atoms with Gasteiger partial charge >= 0.3 is 6.18 Å². The van der Waals surface area contributed by atoms with Crippen molar-refractivity contribution >= 4 is 16.8 Å². The van der Waals surface area contributed by atoms with Crippen molar-refractivity contribution in [3.8, 4) is 5.69 Å². The van der Waals surface area contributed by atoms with Crippen LogP contribution in [-0.4, -0.2) is 26.9 Å². The quantitative estimate of drug-likeness (QED) is 0.252. The molecule has 0 bridgehead atoms. The normalized spacial score (nSPS) is 12.5. The van der Waals surface area contributed by atoms with E-state index in [1.165, 1.54) is 17.0 Å². The van der Waals surface area contributed by atoms with Gasteiger partial charge in [-0.1, -0.05) is 56.7 Å². The Morgan fingerprint density at radius 2 is 1.71 bits per heavy atom. The third kappa shape index (κ3) is 5.35.